The van der Waals surface area contributed by atoms with E-state index in [0.29, 0.717) is 37.7 Å². The molecule has 1 fully saturated rings. The Morgan fingerprint density at radius 2 is 2.06 bits per heavy atom. The minimum Gasteiger partial charge on any atom is -0.477 e. The molecule has 1 aliphatic rings. The molecule has 1 amide bonds. The predicted molar refractivity (Wildman–Crippen MR) is 135 cm³/mol. The number of benzene rings is 1. The molecule has 3 aromatic rings. The van der Waals surface area contributed by atoms with Crippen molar-refractivity contribution in [3.05, 3.63) is 70.8 Å². The molecule has 1 atom stereocenters. The lowest BCUT2D eigenvalue weighted by molar-refractivity contribution is 0.0721. The predicted octanol–water partition coefficient (Wildman–Crippen LogP) is 4.53. The largest absolute Gasteiger partial charge is 0.477 e. The van der Waals surface area contributed by atoms with E-state index < -0.39 is 5.82 Å². The summed E-state index contributed by atoms with van der Waals surface area (Å²) in [5, 5.41) is 0.123. The number of nitrogens with zero attached hydrogens (tertiary/aromatic N) is 4. The van der Waals surface area contributed by atoms with Crippen LogP contribution in [0.5, 0.6) is 5.88 Å². The lowest BCUT2D eigenvalue weighted by atomic mass is 10.0. The summed E-state index contributed by atoms with van der Waals surface area (Å²) in [4.78, 5) is 26.3. The normalized spacial score (nSPS) is 15.9. The first kappa shape index (κ1) is 24.9. The first-order chi connectivity index (χ1) is 17.0. The molecule has 0 radical (unpaired) electrons. The van der Waals surface area contributed by atoms with Crippen LogP contribution >= 0.6 is 11.6 Å². The van der Waals surface area contributed by atoms with E-state index in [1.54, 1.807) is 11.1 Å². The molecule has 35 heavy (non-hydrogen) atoms. The zero-order valence-electron chi connectivity index (χ0n) is 19.9. The van der Waals surface area contributed by atoms with Gasteiger partial charge in [-0.15, -0.1) is 0 Å². The van der Waals surface area contributed by atoms with Gasteiger partial charge in [-0.25, -0.2) is 14.4 Å². The summed E-state index contributed by atoms with van der Waals surface area (Å²) in [5.41, 5.74) is 9.72. The van der Waals surface area contributed by atoms with Gasteiger partial charge >= 0.3 is 0 Å². The van der Waals surface area contributed by atoms with Gasteiger partial charge in [-0.05, 0) is 55.8 Å². The van der Waals surface area contributed by atoms with Gasteiger partial charge < -0.3 is 20.3 Å². The maximum atomic E-state index is 13.4. The molecule has 2 aromatic heterocycles. The lowest BCUT2D eigenvalue weighted by Crippen LogP contribution is -2.55. The number of piperazine rings is 1. The lowest BCUT2D eigenvalue weighted by Gasteiger charge is -2.43. The summed E-state index contributed by atoms with van der Waals surface area (Å²) in [7, 11) is 0. The van der Waals surface area contributed by atoms with Crippen molar-refractivity contribution < 1.29 is 13.9 Å². The number of carbonyl (C=O) groups is 1. The molecule has 1 aromatic carbocycles. The van der Waals surface area contributed by atoms with Crippen molar-refractivity contribution in [2.24, 2.45) is 5.73 Å². The van der Waals surface area contributed by atoms with Crippen LogP contribution in [0.15, 0.2) is 48.7 Å². The molecule has 1 aliphatic heterocycles. The second-order valence-electron chi connectivity index (χ2n) is 8.29. The van der Waals surface area contributed by atoms with E-state index in [1.165, 1.54) is 18.2 Å². The number of amides is 1. The number of rotatable bonds is 7. The summed E-state index contributed by atoms with van der Waals surface area (Å²) >= 11 is 6.14. The third-order valence-corrected chi connectivity index (χ3v) is 6.50. The minimum atomic E-state index is -0.465. The number of carbonyl (C=O) groups excluding carboxylic acids is 1. The molecule has 2 N–H and O–H groups in total. The molecular weight excluding hydrogens is 469 g/mol. The number of hydrogen-bond donors (Lipinski definition) is 1. The number of aromatic nitrogens is 2. The standard InChI is InChI=1S/C26H29ClFN5O2/c1-3-18-16-32(26(34)19-8-7-17(28)14-21(19)27)12-13-33(18)24-10-9-22(31-23(24)15-29)20-6-5-11-30-25(20)35-4-2/h5-11,14,18H,3-4,12-13,15-16,29H2,1-2H3/t18-/m1/s1. The van der Waals surface area contributed by atoms with E-state index in [9.17, 15) is 9.18 Å². The van der Waals surface area contributed by atoms with Crippen LogP contribution in [0.25, 0.3) is 11.3 Å². The number of hydrogen-bond acceptors (Lipinski definition) is 6. The number of ether oxygens (including phenoxy) is 1. The molecule has 4 rings (SSSR count). The average Bonchev–Trinajstić information content (AvgIpc) is 2.88. The van der Waals surface area contributed by atoms with Gasteiger partial charge in [-0.1, -0.05) is 18.5 Å². The van der Waals surface area contributed by atoms with Crippen LogP contribution in [0.2, 0.25) is 5.02 Å². The Balaban J connectivity index is 1.58. The Morgan fingerprint density at radius 1 is 1.23 bits per heavy atom. The Morgan fingerprint density at radius 3 is 2.77 bits per heavy atom. The van der Waals surface area contributed by atoms with E-state index in [-0.39, 0.29) is 23.5 Å². The van der Waals surface area contributed by atoms with Crippen LogP contribution in [0.3, 0.4) is 0 Å². The smallest absolute Gasteiger partial charge is 0.255 e. The molecule has 0 aliphatic carbocycles. The van der Waals surface area contributed by atoms with Crippen molar-refractivity contribution in [3.8, 4) is 17.1 Å². The average molecular weight is 498 g/mol. The molecule has 184 valence electrons. The quantitative estimate of drug-likeness (QED) is 0.516. The SMILES string of the molecule is CCOc1ncccc1-c1ccc(N2CCN(C(=O)c3ccc(F)cc3Cl)C[C@H]2CC)c(CN)n1. The van der Waals surface area contributed by atoms with Crippen molar-refractivity contribution in [2.45, 2.75) is 32.9 Å². The molecule has 7 nitrogen and oxygen atoms in total. The Hall–Kier alpha value is -3.23. The summed E-state index contributed by atoms with van der Waals surface area (Å²) in [5.74, 6) is -0.121. The second kappa shape index (κ2) is 11.0. The first-order valence-electron chi connectivity index (χ1n) is 11.8. The topological polar surface area (TPSA) is 84.6 Å². The molecule has 0 bridgehead atoms. The monoisotopic (exact) mass is 497 g/mol. The van der Waals surface area contributed by atoms with Crippen molar-refractivity contribution >= 4 is 23.2 Å². The van der Waals surface area contributed by atoms with E-state index in [2.05, 4.69) is 16.8 Å². The fourth-order valence-corrected chi connectivity index (χ4v) is 4.68. The Labute approximate surface area is 209 Å². The Kier molecular flexibility index (Phi) is 7.83. The summed E-state index contributed by atoms with van der Waals surface area (Å²) in [6.45, 7) is 6.43. The van der Waals surface area contributed by atoms with E-state index in [0.717, 1.165) is 29.1 Å². The van der Waals surface area contributed by atoms with Crippen molar-refractivity contribution in [1.82, 2.24) is 14.9 Å². The second-order valence-corrected chi connectivity index (χ2v) is 8.69. The number of pyridine rings is 2. The van der Waals surface area contributed by atoms with Crippen molar-refractivity contribution in [3.63, 3.8) is 0 Å². The summed E-state index contributed by atoms with van der Waals surface area (Å²) < 4.78 is 19.1. The first-order valence-corrected chi connectivity index (χ1v) is 12.1. The fourth-order valence-electron chi connectivity index (χ4n) is 4.43. The van der Waals surface area contributed by atoms with Gasteiger partial charge in [0, 0.05) is 38.4 Å². The van der Waals surface area contributed by atoms with Gasteiger partial charge in [0.05, 0.1) is 39.8 Å². The van der Waals surface area contributed by atoms with Crippen LogP contribution in [-0.2, 0) is 6.54 Å². The molecule has 9 heteroatoms. The minimum absolute atomic E-state index is 0.0715. The molecule has 0 unspecified atom stereocenters. The van der Waals surface area contributed by atoms with Crippen LogP contribution in [-0.4, -0.2) is 53.1 Å². The highest BCUT2D eigenvalue weighted by Gasteiger charge is 2.31. The summed E-state index contributed by atoms with van der Waals surface area (Å²) in [6, 6.07) is 11.7. The van der Waals surface area contributed by atoms with Gasteiger partial charge in [0.25, 0.3) is 5.91 Å². The number of nitrogens with two attached hydrogens (primary N) is 1. The van der Waals surface area contributed by atoms with Crippen LogP contribution in [0, 0.1) is 5.82 Å². The van der Waals surface area contributed by atoms with Crippen molar-refractivity contribution in [2.75, 3.05) is 31.1 Å². The third-order valence-electron chi connectivity index (χ3n) is 6.18. The van der Waals surface area contributed by atoms with E-state index >= 15 is 0 Å². The van der Waals surface area contributed by atoms with Crippen LogP contribution in [0.1, 0.15) is 36.3 Å². The summed E-state index contributed by atoms with van der Waals surface area (Å²) in [6.07, 6.45) is 2.52. The fraction of sp³-hybridized carbons (Fsp3) is 0.346. The van der Waals surface area contributed by atoms with Gasteiger partial charge in [0.2, 0.25) is 5.88 Å². The molecule has 3 heterocycles. The zero-order valence-corrected chi connectivity index (χ0v) is 20.6. The number of anilines is 1. The van der Waals surface area contributed by atoms with Gasteiger partial charge in [-0.2, -0.15) is 0 Å². The van der Waals surface area contributed by atoms with E-state index in [1.807, 2.05) is 31.2 Å². The highest BCUT2D eigenvalue weighted by atomic mass is 35.5. The molecule has 0 saturated carbocycles. The number of halogens is 2. The molecular formula is C26H29ClFN5O2. The van der Waals surface area contributed by atoms with Crippen molar-refractivity contribution in [1.29, 1.82) is 0 Å². The zero-order chi connectivity index (χ0) is 24.9. The van der Waals surface area contributed by atoms with Gasteiger partial charge in [0.15, 0.2) is 0 Å². The van der Waals surface area contributed by atoms with Gasteiger partial charge in [0.1, 0.15) is 5.82 Å². The van der Waals surface area contributed by atoms with Crippen LogP contribution in [0.4, 0.5) is 10.1 Å². The molecule has 0 spiro atoms. The van der Waals surface area contributed by atoms with Gasteiger partial charge in [-0.3, -0.25) is 4.79 Å². The maximum absolute atomic E-state index is 13.4. The van der Waals surface area contributed by atoms with E-state index in [4.69, 9.17) is 27.1 Å². The van der Waals surface area contributed by atoms with Crippen LogP contribution < -0.4 is 15.4 Å². The Bertz CT molecular complexity index is 1210. The molecule has 1 saturated heterocycles. The maximum Gasteiger partial charge on any atom is 0.255 e. The highest BCUT2D eigenvalue weighted by molar-refractivity contribution is 6.33. The third kappa shape index (κ3) is 5.23. The highest BCUT2D eigenvalue weighted by Crippen LogP contribution is 2.32.